The second kappa shape index (κ2) is 12.2. The summed E-state index contributed by atoms with van der Waals surface area (Å²) >= 11 is 13.7. The molecule has 0 radical (unpaired) electrons. The Balaban J connectivity index is 1.56. The summed E-state index contributed by atoms with van der Waals surface area (Å²) in [5, 5.41) is 26.7. The Labute approximate surface area is 216 Å². The number of phenols is 1. The number of benzene rings is 2. The minimum absolute atomic E-state index is 0.0963. The van der Waals surface area contributed by atoms with E-state index in [4.69, 9.17) is 11.6 Å². The number of aromatic hydroxyl groups is 1. The topological polar surface area (TPSA) is 104 Å². The third-order valence-corrected chi connectivity index (χ3v) is 6.60. The van der Waals surface area contributed by atoms with Crippen LogP contribution in [0.3, 0.4) is 0 Å². The van der Waals surface area contributed by atoms with Crippen molar-refractivity contribution in [2.75, 3.05) is 11.1 Å². The van der Waals surface area contributed by atoms with Crippen LogP contribution in [0.15, 0.2) is 68.3 Å². The number of phenolic OH excluding ortho intramolecular Hbond substituents is 1. The van der Waals surface area contributed by atoms with E-state index in [1.165, 1.54) is 18.0 Å². The number of anilines is 1. The summed E-state index contributed by atoms with van der Waals surface area (Å²) in [6.45, 7) is 4.75. The number of carbonyl (C=O) groups is 1. The highest BCUT2D eigenvalue weighted by Crippen LogP contribution is 2.32. The Morgan fingerprint density at radius 1 is 1.24 bits per heavy atom. The molecule has 0 saturated carbocycles. The quantitative estimate of drug-likeness (QED) is 0.126. The van der Waals surface area contributed by atoms with Gasteiger partial charge in [0.15, 0.2) is 11.0 Å². The van der Waals surface area contributed by atoms with E-state index in [-0.39, 0.29) is 17.4 Å². The van der Waals surface area contributed by atoms with Gasteiger partial charge in [-0.1, -0.05) is 29.4 Å². The first-order chi connectivity index (χ1) is 15.9. The molecule has 3 N–H and O–H groups in total. The monoisotopic (exact) mass is 612 g/mol. The molecule has 8 nitrogen and oxygen atoms in total. The van der Waals surface area contributed by atoms with Gasteiger partial charge in [-0.25, -0.2) is 5.43 Å². The number of hydrogen-bond acceptors (Lipinski definition) is 7. The highest BCUT2D eigenvalue weighted by Gasteiger charge is 2.13. The predicted octanol–water partition coefficient (Wildman–Crippen LogP) is 5.20. The summed E-state index contributed by atoms with van der Waals surface area (Å²) in [7, 11) is 0. The molecular weight excluding hydrogens is 596 g/mol. The Morgan fingerprint density at radius 2 is 1.94 bits per heavy atom. The molecule has 0 saturated heterocycles. The van der Waals surface area contributed by atoms with E-state index in [2.05, 4.69) is 64.5 Å². The molecule has 0 unspecified atom stereocenters. The third-order valence-electron chi connectivity index (χ3n) is 4.17. The van der Waals surface area contributed by atoms with Crippen LogP contribution in [-0.2, 0) is 17.9 Å². The smallest absolute Gasteiger partial charge is 0.250 e. The lowest BCUT2D eigenvalue weighted by Gasteiger charge is -2.09. The minimum Gasteiger partial charge on any atom is -0.506 e. The SMILES string of the molecule is C=CCn1c(CNc2ccc(Cl)cc2)nnc1SCC(=O)N/N=C\c1cc(Br)c(O)c(Br)c1. The molecule has 0 bridgehead atoms. The summed E-state index contributed by atoms with van der Waals surface area (Å²) in [6.07, 6.45) is 3.23. The van der Waals surface area contributed by atoms with E-state index in [0.29, 0.717) is 43.6 Å². The van der Waals surface area contributed by atoms with Crippen molar-refractivity contribution in [1.82, 2.24) is 20.2 Å². The Morgan fingerprint density at radius 3 is 2.61 bits per heavy atom. The number of aromatic nitrogens is 3. The average Bonchev–Trinajstić information content (AvgIpc) is 3.17. The van der Waals surface area contributed by atoms with Crippen LogP contribution in [-0.4, -0.2) is 37.7 Å². The zero-order chi connectivity index (χ0) is 23.8. The van der Waals surface area contributed by atoms with Crippen molar-refractivity contribution >= 4 is 73.0 Å². The molecule has 33 heavy (non-hydrogen) atoms. The standard InChI is InChI=1S/C21H19Br2ClN6O2S/c1-2-7-30-18(11-25-15-5-3-14(24)4-6-15)27-29-21(30)33-12-19(31)28-26-10-13-8-16(22)20(32)17(23)9-13/h2-6,8-10,25,32H,1,7,11-12H2,(H,28,31)/b26-10-. The molecule has 12 heteroatoms. The Kier molecular flexibility index (Phi) is 9.36. The van der Waals surface area contributed by atoms with Crippen molar-refractivity contribution < 1.29 is 9.90 Å². The summed E-state index contributed by atoms with van der Waals surface area (Å²) < 4.78 is 2.93. The molecule has 0 fully saturated rings. The first-order valence-electron chi connectivity index (χ1n) is 9.52. The molecule has 1 heterocycles. The third kappa shape index (κ3) is 7.32. The first-order valence-corrected chi connectivity index (χ1v) is 12.5. The second-order valence-corrected chi connectivity index (χ2v) is 9.66. The number of hydrazone groups is 1. The number of amides is 1. The van der Waals surface area contributed by atoms with Gasteiger partial charge < -0.3 is 15.0 Å². The van der Waals surface area contributed by atoms with E-state index in [1.54, 1.807) is 30.3 Å². The fraction of sp³-hybridized carbons (Fsp3) is 0.143. The van der Waals surface area contributed by atoms with Crippen LogP contribution in [0.5, 0.6) is 5.75 Å². The highest BCUT2D eigenvalue weighted by atomic mass is 79.9. The first kappa shape index (κ1) is 25.3. The molecule has 1 amide bonds. The van der Waals surface area contributed by atoms with Gasteiger partial charge in [0.05, 0.1) is 27.5 Å². The van der Waals surface area contributed by atoms with Gasteiger partial charge in [-0.05, 0) is 73.8 Å². The molecule has 1 aromatic heterocycles. The van der Waals surface area contributed by atoms with E-state index < -0.39 is 0 Å². The van der Waals surface area contributed by atoms with Gasteiger partial charge in [0.1, 0.15) is 5.75 Å². The largest absolute Gasteiger partial charge is 0.506 e. The molecule has 2 aromatic carbocycles. The number of carbonyl (C=O) groups excluding carboxylic acids is 1. The average molecular weight is 615 g/mol. The van der Waals surface area contributed by atoms with Crippen LogP contribution >= 0.6 is 55.2 Å². The molecule has 0 atom stereocenters. The number of allylic oxidation sites excluding steroid dienone is 1. The number of rotatable bonds is 10. The summed E-state index contributed by atoms with van der Waals surface area (Å²) in [5.41, 5.74) is 4.09. The number of nitrogens with one attached hydrogen (secondary N) is 2. The Hall–Kier alpha value is -2.34. The predicted molar refractivity (Wildman–Crippen MR) is 139 cm³/mol. The van der Waals surface area contributed by atoms with Crippen LogP contribution in [0.25, 0.3) is 0 Å². The van der Waals surface area contributed by atoms with Crippen molar-refractivity contribution in [3.8, 4) is 5.75 Å². The van der Waals surface area contributed by atoms with Crippen LogP contribution in [0.2, 0.25) is 5.02 Å². The van der Waals surface area contributed by atoms with E-state index in [1.807, 2.05) is 16.7 Å². The molecule has 3 aromatic rings. The number of hydrogen-bond donors (Lipinski definition) is 3. The fourth-order valence-electron chi connectivity index (χ4n) is 2.62. The van der Waals surface area contributed by atoms with Crippen molar-refractivity contribution in [2.45, 2.75) is 18.2 Å². The van der Waals surface area contributed by atoms with Crippen LogP contribution < -0.4 is 10.7 Å². The maximum atomic E-state index is 12.2. The van der Waals surface area contributed by atoms with Crippen molar-refractivity contribution in [2.24, 2.45) is 5.10 Å². The number of halogens is 3. The number of thioether (sulfide) groups is 1. The summed E-state index contributed by atoms with van der Waals surface area (Å²) in [6, 6.07) is 10.7. The highest BCUT2D eigenvalue weighted by molar-refractivity contribution is 9.11. The maximum absolute atomic E-state index is 12.2. The second-order valence-electron chi connectivity index (χ2n) is 6.57. The lowest BCUT2D eigenvalue weighted by atomic mass is 10.2. The van der Waals surface area contributed by atoms with E-state index in [0.717, 1.165) is 5.69 Å². The molecular formula is C21H19Br2ClN6O2S. The van der Waals surface area contributed by atoms with Crippen molar-refractivity contribution in [3.05, 3.63) is 74.4 Å². The van der Waals surface area contributed by atoms with Gasteiger partial charge in [0.2, 0.25) is 0 Å². The zero-order valence-electron chi connectivity index (χ0n) is 17.1. The van der Waals surface area contributed by atoms with Gasteiger partial charge in [-0.2, -0.15) is 5.10 Å². The van der Waals surface area contributed by atoms with Crippen LogP contribution in [0.1, 0.15) is 11.4 Å². The van der Waals surface area contributed by atoms with Gasteiger partial charge in [-0.15, -0.1) is 16.8 Å². The van der Waals surface area contributed by atoms with E-state index >= 15 is 0 Å². The summed E-state index contributed by atoms with van der Waals surface area (Å²) in [5.74, 6) is 0.635. The molecule has 0 aliphatic heterocycles. The number of nitrogens with zero attached hydrogens (tertiary/aromatic N) is 4. The van der Waals surface area contributed by atoms with Gasteiger partial charge >= 0.3 is 0 Å². The molecule has 172 valence electrons. The minimum atomic E-state index is -0.290. The molecule has 0 aliphatic rings. The normalized spacial score (nSPS) is 11.0. The molecule has 0 aliphatic carbocycles. The van der Waals surface area contributed by atoms with E-state index in [9.17, 15) is 9.90 Å². The Bertz CT molecular complexity index is 1150. The van der Waals surface area contributed by atoms with Crippen molar-refractivity contribution in [1.29, 1.82) is 0 Å². The van der Waals surface area contributed by atoms with Gasteiger partial charge in [-0.3, -0.25) is 4.79 Å². The van der Waals surface area contributed by atoms with Gasteiger partial charge in [0.25, 0.3) is 5.91 Å². The van der Waals surface area contributed by atoms with Gasteiger partial charge in [0, 0.05) is 17.3 Å². The van der Waals surface area contributed by atoms with Crippen molar-refractivity contribution in [3.63, 3.8) is 0 Å². The van der Waals surface area contributed by atoms with Crippen LogP contribution in [0, 0.1) is 0 Å². The maximum Gasteiger partial charge on any atom is 0.250 e. The molecule has 0 spiro atoms. The molecule has 3 rings (SSSR count). The van der Waals surface area contributed by atoms with Crippen LogP contribution in [0.4, 0.5) is 5.69 Å². The fourth-order valence-corrected chi connectivity index (χ4v) is 4.73. The zero-order valence-corrected chi connectivity index (χ0v) is 21.9. The lowest BCUT2D eigenvalue weighted by Crippen LogP contribution is -2.20. The lowest BCUT2D eigenvalue weighted by molar-refractivity contribution is -0.118. The summed E-state index contributed by atoms with van der Waals surface area (Å²) in [4.78, 5) is 12.2.